The molecule has 5 nitrogen and oxygen atoms in total. The van der Waals surface area contributed by atoms with Gasteiger partial charge in [0.15, 0.2) is 11.5 Å². The molecule has 1 heterocycles. The minimum atomic E-state index is -2.94. The van der Waals surface area contributed by atoms with Gasteiger partial charge in [-0.3, -0.25) is 9.97 Å². The number of hydrogen-bond acceptors (Lipinski definition) is 5. The van der Waals surface area contributed by atoms with Crippen LogP contribution in [0.1, 0.15) is 24.3 Å². The molecule has 1 aromatic carbocycles. The fourth-order valence-electron chi connectivity index (χ4n) is 1.78. The van der Waals surface area contributed by atoms with E-state index < -0.39 is 12.7 Å². The molecule has 0 spiro atoms. The van der Waals surface area contributed by atoms with Gasteiger partial charge in [0.2, 0.25) is 0 Å². The topological polar surface area (TPSA) is 64.5 Å². The molecule has 1 atom stereocenters. The lowest BCUT2D eigenvalue weighted by atomic mass is 10.1. The average Bonchev–Trinajstić information content (AvgIpc) is 2.49. The molecule has 0 saturated heterocycles. The first kappa shape index (κ1) is 15.1. The van der Waals surface area contributed by atoms with Crippen LogP contribution in [-0.4, -0.2) is 28.3 Å². The summed E-state index contributed by atoms with van der Waals surface area (Å²) in [6.07, 6.45) is 3.34. The van der Waals surface area contributed by atoms with Crippen LogP contribution in [0.15, 0.2) is 36.8 Å². The second-order valence-corrected chi connectivity index (χ2v) is 4.05. The zero-order chi connectivity index (χ0) is 15.2. The van der Waals surface area contributed by atoms with Crippen molar-refractivity contribution in [3.63, 3.8) is 0 Å². The smallest absolute Gasteiger partial charge is 0.387 e. The van der Waals surface area contributed by atoms with E-state index in [0.717, 1.165) is 0 Å². The monoisotopic (exact) mass is 296 g/mol. The third-order valence-corrected chi connectivity index (χ3v) is 2.66. The summed E-state index contributed by atoms with van der Waals surface area (Å²) in [6.45, 7) is -0.942. The van der Waals surface area contributed by atoms with Gasteiger partial charge in [0.1, 0.15) is 6.10 Å². The highest BCUT2D eigenvalue weighted by Crippen LogP contribution is 2.33. The summed E-state index contributed by atoms with van der Waals surface area (Å²) >= 11 is 0. The van der Waals surface area contributed by atoms with E-state index in [9.17, 15) is 13.9 Å². The van der Waals surface area contributed by atoms with Crippen molar-refractivity contribution in [3.8, 4) is 11.5 Å². The van der Waals surface area contributed by atoms with Crippen LogP contribution >= 0.6 is 0 Å². The van der Waals surface area contributed by atoms with E-state index in [0.29, 0.717) is 11.3 Å². The molecule has 0 aliphatic heterocycles. The Morgan fingerprint density at radius 2 is 2.05 bits per heavy atom. The van der Waals surface area contributed by atoms with Crippen LogP contribution in [0.3, 0.4) is 0 Å². The standard InChI is InChI=1S/C14H14F2N2O3/c1-2-20-12-7-9(3-4-11(12)21-14(15)16)13(19)10-8-17-5-6-18-10/h3-8,13-14,19H,2H2,1H3. The molecule has 112 valence electrons. The lowest BCUT2D eigenvalue weighted by Crippen LogP contribution is -2.07. The zero-order valence-electron chi connectivity index (χ0n) is 11.2. The van der Waals surface area contributed by atoms with Gasteiger partial charge in [0.25, 0.3) is 0 Å². The van der Waals surface area contributed by atoms with E-state index in [4.69, 9.17) is 4.74 Å². The van der Waals surface area contributed by atoms with Crippen molar-refractivity contribution in [2.45, 2.75) is 19.6 Å². The van der Waals surface area contributed by atoms with Crippen LogP contribution in [0, 0.1) is 0 Å². The minimum absolute atomic E-state index is 0.0815. The van der Waals surface area contributed by atoms with Gasteiger partial charge in [-0.15, -0.1) is 0 Å². The lowest BCUT2D eigenvalue weighted by molar-refractivity contribution is -0.0514. The Morgan fingerprint density at radius 3 is 2.67 bits per heavy atom. The molecular formula is C14H14F2N2O3. The maximum Gasteiger partial charge on any atom is 0.387 e. The van der Waals surface area contributed by atoms with Crippen LogP contribution in [0.5, 0.6) is 11.5 Å². The fraction of sp³-hybridized carbons (Fsp3) is 0.286. The van der Waals surface area contributed by atoms with Crippen molar-refractivity contribution in [3.05, 3.63) is 48.0 Å². The van der Waals surface area contributed by atoms with E-state index in [1.165, 1.54) is 36.8 Å². The molecule has 0 fully saturated rings. The predicted octanol–water partition coefficient (Wildman–Crippen LogP) is 2.56. The van der Waals surface area contributed by atoms with Gasteiger partial charge in [-0.1, -0.05) is 6.07 Å². The second-order valence-electron chi connectivity index (χ2n) is 4.05. The SMILES string of the molecule is CCOc1cc(C(O)c2cnccn2)ccc1OC(F)F. The Balaban J connectivity index is 2.30. The Labute approximate surface area is 120 Å². The number of rotatable bonds is 6. The normalized spacial score (nSPS) is 12.2. The first-order chi connectivity index (χ1) is 10.1. The summed E-state index contributed by atoms with van der Waals surface area (Å²) in [6, 6.07) is 4.24. The van der Waals surface area contributed by atoms with Gasteiger partial charge in [-0.2, -0.15) is 8.78 Å². The lowest BCUT2D eigenvalue weighted by Gasteiger charge is -2.15. The van der Waals surface area contributed by atoms with Crippen molar-refractivity contribution < 1.29 is 23.4 Å². The summed E-state index contributed by atoms with van der Waals surface area (Å²) in [5.41, 5.74) is 0.794. The number of halogens is 2. The summed E-state index contributed by atoms with van der Waals surface area (Å²) in [4.78, 5) is 7.87. The number of aliphatic hydroxyl groups is 1. The van der Waals surface area contributed by atoms with Crippen molar-refractivity contribution in [1.29, 1.82) is 0 Å². The Morgan fingerprint density at radius 1 is 1.24 bits per heavy atom. The highest BCUT2D eigenvalue weighted by molar-refractivity contribution is 5.44. The molecule has 0 amide bonds. The second kappa shape index (κ2) is 6.94. The molecule has 0 radical (unpaired) electrons. The largest absolute Gasteiger partial charge is 0.490 e. The van der Waals surface area contributed by atoms with E-state index in [1.807, 2.05) is 0 Å². The zero-order valence-corrected chi connectivity index (χ0v) is 11.2. The molecule has 0 aliphatic carbocycles. The van der Waals surface area contributed by atoms with Crippen LogP contribution in [-0.2, 0) is 0 Å². The number of ether oxygens (including phenoxy) is 2. The first-order valence-electron chi connectivity index (χ1n) is 6.27. The van der Waals surface area contributed by atoms with Gasteiger partial charge in [-0.25, -0.2) is 0 Å². The molecule has 0 saturated carbocycles. The van der Waals surface area contributed by atoms with E-state index in [-0.39, 0.29) is 18.1 Å². The minimum Gasteiger partial charge on any atom is -0.490 e. The first-order valence-corrected chi connectivity index (χ1v) is 6.27. The number of benzene rings is 1. The van der Waals surface area contributed by atoms with Gasteiger partial charge < -0.3 is 14.6 Å². The molecule has 2 rings (SSSR count). The number of aliphatic hydroxyl groups excluding tert-OH is 1. The van der Waals surface area contributed by atoms with Gasteiger partial charge >= 0.3 is 6.61 Å². The van der Waals surface area contributed by atoms with Crippen molar-refractivity contribution in [1.82, 2.24) is 9.97 Å². The van der Waals surface area contributed by atoms with Crippen molar-refractivity contribution in [2.75, 3.05) is 6.61 Å². The third kappa shape index (κ3) is 3.85. The predicted molar refractivity (Wildman–Crippen MR) is 70.3 cm³/mol. The van der Waals surface area contributed by atoms with Gasteiger partial charge in [-0.05, 0) is 24.6 Å². The molecule has 0 bridgehead atoms. The summed E-state index contributed by atoms with van der Waals surface area (Å²) in [5.74, 6) is 0.0557. The van der Waals surface area contributed by atoms with Crippen molar-refractivity contribution >= 4 is 0 Å². The number of hydrogen-bond donors (Lipinski definition) is 1. The molecule has 1 unspecified atom stereocenters. The quantitative estimate of drug-likeness (QED) is 0.887. The van der Waals surface area contributed by atoms with Crippen LogP contribution in [0.4, 0.5) is 8.78 Å². The van der Waals surface area contributed by atoms with Crippen LogP contribution in [0.25, 0.3) is 0 Å². The summed E-state index contributed by atoms with van der Waals surface area (Å²) in [5, 5.41) is 10.2. The summed E-state index contributed by atoms with van der Waals surface area (Å²) in [7, 11) is 0. The maximum atomic E-state index is 12.3. The van der Waals surface area contributed by atoms with Crippen LogP contribution in [0.2, 0.25) is 0 Å². The van der Waals surface area contributed by atoms with Crippen molar-refractivity contribution in [2.24, 2.45) is 0 Å². The van der Waals surface area contributed by atoms with Crippen LogP contribution < -0.4 is 9.47 Å². The molecule has 1 N–H and O–H groups in total. The molecule has 1 aromatic heterocycles. The Bertz CT molecular complexity index is 582. The molecule has 21 heavy (non-hydrogen) atoms. The highest BCUT2D eigenvalue weighted by Gasteiger charge is 2.17. The molecule has 0 aliphatic rings. The summed E-state index contributed by atoms with van der Waals surface area (Å²) < 4.78 is 34.3. The van der Waals surface area contributed by atoms with Gasteiger partial charge in [0, 0.05) is 12.4 Å². The fourth-order valence-corrected chi connectivity index (χ4v) is 1.78. The maximum absolute atomic E-state index is 12.3. The molecular weight excluding hydrogens is 282 g/mol. The highest BCUT2D eigenvalue weighted by atomic mass is 19.3. The van der Waals surface area contributed by atoms with Gasteiger partial charge in [0.05, 0.1) is 18.5 Å². The third-order valence-electron chi connectivity index (χ3n) is 2.66. The number of aromatic nitrogens is 2. The van der Waals surface area contributed by atoms with E-state index in [1.54, 1.807) is 6.92 Å². The molecule has 7 heteroatoms. The Kier molecular flexibility index (Phi) is 4.99. The number of nitrogens with zero attached hydrogens (tertiary/aromatic N) is 2. The Hall–Kier alpha value is -2.28. The van der Waals surface area contributed by atoms with E-state index >= 15 is 0 Å². The van der Waals surface area contributed by atoms with E-state index in [2.05, 4.69) is 14.7 Å². The molecule has 2 aromatic rings. The number of alkyl halides is 2. The average molecular weight is 296 g/mol.